The van der Waals surface area contributed by atoms with E-state index in [1.54, 1.807) is 0 Å². The lowest BCUT2D eigenvalue weighted by Gasteiger charge is -2.08. The first-order chi connectivity index (χ1) is 9.87. The first-order valence-corrected chi connectivity index (χ1v) is 8.20. The van der Waals surface area contributed by atoms with Gasteiger partial charge in [0.25, 0.3) is 10.0 Å². The topological polar surface area (TPSA) is 114 Å². The van der Waals surface area contributed by atoms with E-state index in [1.807, 2.05) is 13.0 Å². The van der Waals surface area contributed by atoms with Crippen LogP contribution in [0.15, 0.2) is 33.8 Å². The molecule has 21 heavy (non-hydrogen) atoms. The Bertz CT molecular complexity index is 823. The minimum absolute atomic E-state index is 0.0610. The van der Waals surface area contributed by atoms with Gasteiger partial charge in [-0.15, -0.1) is 0 Å². The molecule has 2 rings (SSSR count). The highest BCUT2D eigenvalue weighted by atomic mass is 79.9. The Morgan fingerprint density at radius 3 is 2.76 bits per heavy atom. The van der Waals surface area contributed by atoms with Crippen molar-refractivity contribution < 1.29 is 8.42 Å². The van der Waals surface area contributed by atoms with Gasteiger partial charge >= 0.3 is 0 Å². The predicted octanol–water partition coefficient (Wildman–Crippen LogP) is 1.92. The summed E-state index contributed by atoms with van der Waals surface area (Å²) in [7, 11) is -3.85. The van der Waals surface area contributed by atoms with Gasteiger partial charge in [0.15, 0.2) is 5.82 Å². The summed E-state index contributed by atoms with van der Waals surface area (Å²) in [6.45, 7) is 2.34. The number of hydrogen-bond donors (Lipinski definition) is 2. The fourth-order valence-electron chi connectivity index (χ4n) is 1.65. The smallest absolute Gasteiger partial charge is 0.267 e. The third-order valence-corrected chi connectivity index (χ3v) is 4.75. The summed E-state index contributed by atoms with van der Waals surface area (Å²) >= 11 is 3.22. The second-order valence-corrected chi connectivity index (χ2v) is 6.65. The summed E-state index contributed by atoms with van der Waals surface area (Å²) in [6, 6.07) is 6.51. The van der Waals surface area contributed by atoms with Crippen molar-refractivity contribution in [1.29, 1.82) is 5.26 Å². The Balaban J connectivity index is 2.37. The minimum Gasteiger partial charge on any atom is -0.381 e. The normalized spacial score (nSPS) is 11.1. The number of nitriles is 1. The second kappa shape index (κ2) is 5.75. The van der Waals surface area contributed by atoms with Gasteiger partial charge in [0.1, 0.15) is 4.90 Å². The summed E-state index contributed by atoms with van der Waals surface area (Å²) in [4.78, 5) is -0.0828. The van der Waals surface area contributed by atoms with Crippen LogP contribution in [0.25, 0.3) is 0 Å². The van der Waals surface area contributed by atoms with Crippen LogP contribution in [0.4, 0.5) is 11.5 Å². The van der Waals surface area contributed by atoms with Crippen LogP contribution >= 0.6 is 15.9 Å². The number of nitrogens with two attached hydrogens (primary N) is 1. The van der Waals surface area contributed by atoms with E-state index in [-0.39, 0.29) is 10.7 Å². The van der Waals surface area contributed by atoms with Gasteiger partial charge in [-0.1, -0.05) is 0 Å². The van der Waals surface area contributed by atoms with Gasteiger partial charge in [0, 0.05) is 17.2 Å². The molecule has 3 N–H and O–H groups in total. The van der Waals surface area contributed by atoms with Crippen LogP contribution in [0.2, 0.25) is 0 Å². The number of anilines is 2. The Morgan fingerprint density at radius 2 is 2.24 bits per heavy atom. The van der Waals surface area contributed by atoms with Crippen LogP contribution in [0, 0.1) is 11.3 Å². The van der Waals surface area contributed by atoms with Crippen molar-refractivity contribution in [2.75, 3.05) is 10.5 Å². The Morgan fingerprint density at radius 1 is 1.52 bits per heavy atom. The van der Waals surface area contributed by atoms with Crippen LogP contribution < -0.4 is 10.5 Å². The zero-order chi connectivity index (χ0) is 15.6. The summed E-state index contributed by atoms with van der Waals surface area (Å²) in [5.41, 5.74) is 6.37. The number of sulfonamides is 1. The standard InChI is InChI=1S/C12H12BrN5O2S/c1-2-18-7-11(12(15)16-18)21(19,20)17-10-4-3-8(6-14)5-9(10)13/h3-5,7,17H,2H2,1H3,(H2,15,16). The van der Waals surface area contributed by atoms with E-state index in [0.29, 0.717) is 22.3 Å². The molecule has 0 unspecified atom stereocenters. The van der Waals surface area contributed by atoms with Crippen molar-refractivity contribution in [2.45, 2.75) is 18.4 Å². The Kier molecular flexibility index (Phi) is 4.20. The zero-order valence-corrected chi connectivity index (χ0v) is 13.4. The fraction of sp³-hybridized carbons (Fsp3) is 0.167. The number of nitrogens with zero attached hydrogens (tertiary/aromatic N) is 3. The highest BCUT2D eigenvalue weighted by molar-refractivity contribution is 9.10. The largest absolute Gasteiger partial charge is 0.381 e. The summed E-state index contributed by atoms with van der Waals surface area (Å²) in [5.74, 6) is -0.0610. The van der Waals surface area contributed by atoms with E-state index in [9.17, 15) is 8.42 Å². The van der Waals surface area contributed by atoms with E-state index < -0.39 is 10.0 Å². The van der Waals surface area contributed by atoms with Crippen LogP contribution in [0.1, 0.15) is 12.5 Å². The Labute approximate surface area is 130 Å². The third-order valence-electron chi connectivity index (χ3n) is 2.71. The number of hydrogen-bond acceptors (Lipinski definition) is 5. The predicted molar refractivity (Wildman–Crippen MR) is 82.0 cm³/mol. The van der Waals surface area contributed by atoms with Gasteiger partial charge in [0.2, 0.25) is 0 Å². The lowest BCUT2D eigenvalue weighted by Crippen LogP contribution is -2.14. The molecule has 0 bridgehead atoms. The number of nitrogen functional groups attached to an aromatic ring is 1. The lowest BCUT2D eigenvalue weighted by atomic mass is 10.2. The first kappa shape index (κ1) is 15.3. The van der Waals surface area contributed by atoms with E-state index in [4.69, 9.17) is 11.0 Å². The molecule has 0 saturated carbocycles. The summed E-state index contributed by atoms with van der Waals surface area (Å²) in [5, 5.41) is 12.7. The first-order valence-electron chi connectivity index (χ1n) is 5.92. The van der Waals surface area contributed by atoms with E-state index in [2.05, 4.69) is 25.8 Å². The molecule has 1 aromatic heterocycles. The van der Waals surface area contributed by atoms with Crippen LogP contribution in [-0.4, -0.2) is 18.2 Å². The molecular formula is C12H12BrN5O2S. The molecule has 0 aliphatic heterocycles. The minimum atomic E-state index is -3.85. The molecule has 0 saturated heterocycles. The van der Waals surface area contributed by atoms with Gasteiger partial charge < -0.3 is 5.73 Å². The number of aromatic nitrogens is 2. The monoisotopic (exact) mass is 369 g/mol. The van der Waals surface area contributed by atoms with Crippen LogP contribution in [-0.2, 0) is 16.6 Å². The fourth-order valence-corrected chi connectivity index (χ4v) is 3.42. The molecule has 0 aliphatic rings. The SMILES string of the molecule is CCn1cc(S(=O)(=O)Nc2ccc(C#N)cc2Br)c(N)n1. The molecule has 7 nitrogen and oxygen atoms in total. The maximum absolute atomic E-state index is 12.3. The quantitative estimate of drug-likeness (QED) is 0.854. The van der Waals surface area contributed by atoms with Gasteiger partial charge in [-0.05, 0) is 41.1 Å². The van der Waals surface area contributed by atoms with Crippen LogP contribution in [0.3, 0.4) is 0 Å². The molecule has 1 aromatic carbocycles. The zero-order valence-electron chi connectivity index (χ0n) is 11.0. The summed E-state index contributed by atoms with van der Waals surface area (Å²) < 4.78 is 29.0. The molecule has 1 heterocycles. The lowest BCUT2D eigenvalue weighted by molar-refractivity contribution is 0.600. The van der Waals surface area contributed by atoms with Crippen LogP contribution in [0.5, 0.6) is 0 Å². The number of rotatable bonds is 4. The van der Waals surface area contributed by atoms with Gasteiger partial charge in [-0.3, -0.25) is 9.40 Å². The van der Waals surface area contributed by atoms with Crippen molar-refractivity contribution in [3.63, 3.8) is 0 Å². The molecule has 0 fully saturated rings. The van der Waals surface area contributed by atoms with E-state index in [0.717, 1.165) is 0 Å². The molecule has 0 radical (unpaired) electrons. The average Bonchev–Trinajstić information content (AvgIpc) is 2.83. The van der Waals surface area contributed by atoms with E-state index in [1.165, 1.54) is 29.1 Å². The number of benzene rings is 1. The van der Waals surface area contributed by atoms with Crippen molar-refractivity contribution >= 4 is 37.5 Å². The molecule has 110 valence electrons. The number of aryl methyl sites for hydroxylation is 1. The summed E-state index contributed by atoms with van der Waals surface area (Å²) in [6.07, 6.45) is 1.37. The van der Waals surface area contributed by atoms with E-state index >= 15 is 0 Å². The molecule has 0 spiro atoms. The van der Waals surface area contributed by atoms with Crippen molar-refractivity contribution in [1.82, 2.24) is 9.78 Å². The maximum atomic E-state index is 12.3. The number of nitrogens with one attached hydrogen (secondary N) is 1. The Hall–Kier alpha value is -2.05. The maximum Gasteiger partial charge on any atom is 0.267 e. The van der Waals surface area contributed by atoms with Gasteiger partial charge in [-0.25, -0.2) is 8.42 Å². The molecule has 2 aromatic rings. The van der Waals surface area contributed by atoms with Gasteiger partial charge in [0.05, 0.1) is 17.3 Å². The highest BCUT2D eigenvalue weighted by Gasteiger charge is 2.22. The number of halogens is 1. The molecule has 0 amide bonds. The van der Waals surface area contributed by atoms with Crippen molar-refractivity contribution in [2.24, 2.45) is 0 Å². The van der Waals surface area contributed by atoms with Gasteiger partial charge in [-0.2, -0.15) is 10.4 Å². The molecule has 0 atom stereocenters. The van der Waals surface area contributed by atoms with Crippen molar-refractivity contribution in [3.05, 3.63) is 34.4 Å². The molecule has 9 heteroatoms. The van der Waals surface area contributed by atoms with Crippen molar-refractivity contribution in [3.8, 4) is 6.07 Å². The highest BCUT2D eigenvalue weighted by Crippen LogP contribution is 2.27. The average molecular weight is 370 g/mol. The molecular weight excluding hydrogens is 358 g/mol. The second-order valence-electron chi connectivity index (χ2n) is 4.15. The third kappa shape index (κ3) is 3.17. The molecule has 0 aliphatic carbocycles.